The lowest BCUT2D eigenvalue weighted by atomic mass is 9.96. The minimum absolute atomic E-state index is 0.199. The summed E-state index contributed by atoms with van der Waals surface area (Å²) >= 11 is 5.92. The first-order valence-electron chi connectivity index (χ1n) is 6.71. The number of nitrogens with one attached hydrogen (secondary N) is 1. The molecule has 106 valence electrons. The summed E-state index contributed by atoms with van der Waals surface area (Å²) in [5.41, 5.74) is 1.47. The molecule has 0 saturated heterocycles. The largest absolute Gasteiger partial charge is 0.391 e. The van der Waals surface area contributed by atoms with E-state index < -0.39 is 6.10 Å². The molecule has 1 rings (SSSR count). The Morgan fingerprint density at radius 3 is 2.47 bits per heavy atom. The molecule has 19 heavy (non-hydrogen) atoms. The van der Waals surface area contributed by atoms with E-state index in [1.807, 2.05) is 20.8 Å². The smallest absolute Gasteiger partial charge is 0.251 e. The van der Waals surface area contributed by atoms with Crippen LogP contribution in [0.15, 0.2) is 18.2 Å². The van der Waals surface area contributed by atoms with Gasteiger partial charge in [-0.1, -0.05) is 38.3 Å². The molecular weight excluding hydrogens is 262 g/mol. The van der Waals surface area contributed by atoms with Crippen molar-refractivity contribution in [2.45, 2.75) is 39.7 Å². The highest BCUT2D eigenvalue weighted by molar-refractivity contribution is 6.31. The van der Waals surface area contributed by atoms with Crippen molar-refractivity contribution in [3.63, 3.8) is 0 Å². The molecule has 0 saturated carbocycles. The first-order valence-corrected chi connectivity index (χ1v) is 7.09. The van der Waals surface area contributed by atoms with E-state index in [4.69, 9.17) is 11.6 Å². The van der Waals surface area contributed by atoms with Gasteiger partial charge in [0.1, 0.15) is 0 Å². The van der Waals surface area contributed by atoms with E-state index in [0.717, 1.165) is 18.4 Å². The summed E-state index contributed by atoms with van der Waals surface area (Å²) in [5, 5.41) is 13.3. The van der Waals surface area contributed by atoms with Crippen molar-refractivity contribution in [3.05, 3.63) is 34.3 Å². The van der Waals surface area contributed by atoms with E-state index >= 15 is 0 Å². The summed E-state index contributed by atoms with van der Waals surface area (Å²) in [5.74, 6) is 0.0250. The Morgan fingerprint density at radius 2 is 1.95 bits per heavy atom. The number of halogens is 1. The molecule has 0 aliphatic rings. The second kappa shape index (κ2) is 7.51. The summed E-state index contributed by atoms with van der Waals surface area (Å²) in [7, 11) is 0. The minimum atomic E-state index is -0.501. The van der Waals surface area contributed by atoms with Crippen LogP contribution >= 0.6 is 11.6 Å². The quantitative estimate of drug-likeness (QED) is 0.842. The van der Waals surface area contributed by atoms with Crippen molar-refractivity contribution in [2.24, 2.45) is 5.92 Å². The van der Waals surface area contributed by atoms with Gasteiger partial charge in [-0.15, -0.1) is 0 Å². The average Bonchev–Trinajstić information content (AvgIpc) is 2.36. The topological polar surface area (TPSA) is 49.3 Å². The Morgan fingerprint density at radius 1 is 1.32 bits per heavy atom. The molecule has 2 N–H and O–H groups in total. The number of rotatable bonds is 6. The number of hydrogen-bond acceptors (Lipinski definition) is 2. The normalized spacial score (nSPS) is 12.5. The fourth-order valence-electron chi connectivity index (χ4n) is 2.17. The molecule has 0 spiro atoms. The van der Waals surface area contributed by atoms with E-state index in [1.165, 1.54) is 0 Å². The monoisotopic (exact) mass is 283 g/mol. The Hall–Kier alpha value is -1.06. The Kier molecular flexibility index (Phi) is 6.32. The molecule has 3 nitrogen and oxygen atoms in total. The highest BCUT2D eigenvalue weighted by Gasteiger charge is 2.16. The number of aliphatic hydroxyl groups excluding tert-OH is 1. The van der Waals surface area contributed by atoms with Crippen LogP contribution in [0, 0.1) is 12.8 Å². The Labute approximate surface area is 120 Å². The summed E-state index contributed by atoms with van der Waals surface area (Å²) in [6.07, 6.45) is 1.31. The lowest BCUT2D eigenvalue weighted by Gasteiger charge is -2.20. The maximum absolute atomic E-state index is 12.0. The van der Waals surface area contributed by atoms with Gasteiger partial charge in [0.15, 0.2) is 0 Å². The third kappa shape index (κ3) is 4.84. The van der Waals surface area contributed by atoms with Gasteiger partial charge in [-0.2, -0.15) is 0 Å². The first-order chi connectivity index (χ1) is 8.97. The van der Waals surface area contributed by atoms with Crippen LogP contribution in [0.3, 0.4) is 0 Å². The SMILES string of the molecule is CCC(CC)C(O)CNC(=O)c1cc(C)cc(Cl)c1. The molecular formula is C15H22ClNO2. The third-order valence-electron chi connectivity index (χ3n) is 3.37. The fraction of sp³-hybridized carbons (Fsp3) is 0.533. The second-order valence-electron chi connectivity index (χ2n) is 4.87. The average molecular weight is 284 g/mol. The lowest BCUT2D eigenvalue weighted by Crippen LogP contribution is -2.36. The molecule has 0 fully saturated rings. The highest BCUT2D eigenvalue weighted by atomic mass is 35.5. The molecule has 0 heterocycles. The van der Waals surface area contributed by atoms with Gasteiger partial charge in [-0.05, 0) is 36.6 Å². The number of carbonyl (C=O) groups excluding carboxylic acids is 1. The number of aryl methyl sites for hydroxylation is 1. The number of hydrogen-bond donors (Lipinski definition) is 2. The van der Waals surface area contributed by atoms with Crippen molar-refractivity contribution in [3.8, 4) is 0 Å². The summed E-state index contributed by atoms with van der Waals surface area (Å²) in [4.78, 5) is 12.0. The van der Waals surface area contributed by atoms with E-state index in [2.05, 4.69) is 5.32 Å². The molecule has 0 aliphatic carbocycles. The third-order valence-corrected chi connectivity index (χ3v) is 3.59. The van der Waals surface area contributed by atoms with Crippen LogP contribution in [-0.4, -0.2) is 23.7 Å². The van der Waals surface area contributed by atoms with Gasteiger partial charge in [0.25, 0.3) is 5.91 Å². The molecule has 4 heteroatoms. The predicted molar refractivity (Wildman–Crippen MR) is 78.6 cm³/mol. The maximum atomic E-state index is 12.0. The van der Waals surface area contributed by atoms with E-state index in [-0.39, 0.29) is 18.4 Å². The molecule has 0 aliphatic heterocycles. The standard InChI is InChI=1S/C15H22ClNO2/c1-4-11(5-2)14(18)9-17-15(19)12-6-10(3)7-13(16)8-12/h6-8,11,14,18H,4-5,9H2,1-3H3,(H,17,19). The maximum Gasteiger partial charge on any atom is 0.251 e. The van der Waals surface area contributed by atoms with Crippen LogP contribution in [-0.2, 0) is 0 Å². The van der Waals surface area contributed by atoms with Gasteiger partial charge in [0, 0.05) is 17.1 Å². The van der Waals surface area contributed by atoms with Gasteiger partial charge < -0.3 is 10.4 Å². The van der Waals surface area contributed by atoms with Crippen molar-refractivity contribution in [1.82, 2.24) is 5.32 Å². The molecule has 0 aromatic heterocycles. The number of carbonyl (C=O) groups is 1. The van der Waals surface area contributed by atoms with E-state index in [1.54, 1.807) is 18.2 Å². The van der Waals surface area contributed by atoms with Gasteiger partial charge in [-0.3, -0.25) is 4.79 Å². The molecule has 1 amide bonds. The summed E-state index contributed by atoms with van der Waals surface area (Å²) < 4.78 is 0. The Bertz CT molecular complexity index is 410. The molecule has 0 bridgehead atoms. The van der Waals surface area contributed by atoms with Crippen molar-refractivity contribution in [2.75, 3.05) is 6.54 Å². The molecule has 1 aromatic rings. The van der Waals surface area contributed by atoms with Gasteiger partial charge in [0.05, 0.1) is 6.10 Å². The van der Waals surface area contributed by atoms with Crippen LogP contribution in [0.2, 0.25) is 5.02 Å². The lowest BCUT2D eigenvalue weighted by molar-refractivity contribution is 0.0816. The molecule has 1 aromatic carbocycles. The molecule has 1 unspecified atom stereocenters. The zero-order chi connectivity index (χ0) is 14.4. The van der Waals surface area contributed by atoms with E-state index in [0.29, 0.717) is 10.6 Å². The highest BCUT2D eigenvalue weighted by Crippen LogP contribution is 2.15. The number of benzene rings is 1. The minimum Gasteiger partial charge on any atom is -0.391 e. The van der Waals surface area contributed by atoms with Crippen molar-refractivity contribution < 1.29 is 9.90 Å². The number of amides is 1. The zero-order valence-corrected chi connectivity index (χ0v) is 12.5. The van der Waals surface area contributed by atoms with Crippen LogP contribution < -0.4 is 5.32 Å². The van der Waals surface area contributed by atoms with Crippen LogP contribution in [0.4, 0.5) is 0 Å². The van der Waals surface area contributed by atoms with Crippen molar-refractivity contribution >= 4 is 17.5 Å². The fourth-order valence-corrected chi connectivity index (χ4v) is 2.46. The van der Waals surface area contributed by atoms with Crippen LogP contribution in [0.25, 0.3) is 0 Å². The summed E-state index contributed by atoms with van der Waals surface area (Å²) in [6, 6.07) is 5.22. The summed E-state index contributed by atoms with van der Waals surface area (Å²) in [6.45, 7) is 6.25. The van der Waals surface area contributed by atoms with Gasteiger partial charge >= 0.3 is 0 Å². The van der Waals surface area contributed by atoms with Crippen molar-refractivity contribution in [1.29, 1.82) is 0 Å². The van der Waals surface area contributed by atoms with Crippen LogP contribution in [0.5, 0.6) is 0 Å². The van der Waals surface area contributed by atoms with Gasteiger partial charge in [0.2, 0.25) is 0 Å². The first kappa shape index (κ1) is 16.0. The molecule has 0 radical (unpaired) electrons. The second-order valence-corrected chi connectivity index (χ2v) is 5.31. The van der Waals surface area contributed by atoms with Crippen LogP contribution in [0.1, 0.15) is 42.6 Å². The van der Waals surface area contributed by atoms with Gasteiger partial charge in [-0.25, -0.2) is 0 Å². The number of aliphatic hydroxyl groups is 1. The predicted octanol–water partition coefficient (Wildman–Crippen LogP) is 3.18. The molecule has 1 atom stereocenters. The van der Waals surface area contributed by atoms with E-state index in [9.17, 15) is 9.90 Å². The zero-order valence-electron chi connectivity index (χ0n) is 11.7. The Balaban J connectivity index is 2.60.